The van der Waals surface area contributed by atoms with E-state index in [1.165, 1.54) is 28.0 Å². The number of nitrogens with zero attached hydrogens (tertiary/aromatic N) is 1. The molecule has 112 valence electrons. The van der Waals surface area contributed by atoms with Gasteiger partial charge in [-0.05, 0) is 79.2 Å². The third kappa shape index (κ3) is 2.57. The van der Waals surface area contributed by atoms with Crippen LogP contribution in [0.15, 0.2) is 42.1 Å². The zero-order valence-corrected chi connectivity index (χ0v) is 13.3. The lowest BCUT2D eigenvalue weighted by atomic mass is 9.92. The molecule has 2 nitrogen and oxygen atoms in total. The Morgan fingerprint density at radius 2 is 1.82 bits per heavy atom. The Morgan fingerprint density at radius 3 is 2.68 bits per heavy atom. The molecule has 22 heavy (non-hydrogen) atoms. The number of halogens is 1. The number of rotatable bonds is 0. The summed E-state index contributed by atoms with van der Waals surface area (Å²) < 4.78 is 0. The van der Waals surface area contributed by atoms with Crippen molar-refractivity contribution in [2.45, 2.75) is 25.7 Å². The second-order valence-electron chi connectivity index (χ2n) is 6.11. The average molecular weight is 311 g/mol. The average Bonchev–Trinajstić information content (AvgIpc) is 2.72. The van der Waals surface area contributed by atoms with Crippen LogP contribution in [0.3, 0.4) is 0 Å². The molecule has 2 aliphatic rings. The third-order valence-corrected chi connectivity index (χ3v) is 4.96. The van der Waals surface area contributed by atoms with Crippen LogP contribution in [0, 0.1) is 0 Å². The molecule has 3 heteroatoms. The van der Waals surface area contributed by atoms with E-state index in [0.29, 0.717) is 0 Å². The van der Waals surface area contributed by atoms with Crippen LogP contribution in [-0.2, 0) is 12.8 Å². The molecule has 0 spiro atoms. The zero-order chi connectivity index (χ0) is 14.9. The van der Waals surface area contributed by atoms with E-state index in [1.54, 1.807) is 5.57 Å². The summed E-state index contributed by atoms with van der Waals surface area (Å²) in [5, 5.41) is 4.27. The molecule has 1 aliphatic heterocycles. The van der Waals surface area contributed by atoms with Gasteiger partial charge in [-0.15, -0.1) is 0 Å². The Labute approximate surface area is 136 Å². The van der Waals surface area contributed by atoms with Gasteiger partial charge in [-0.1, -0.05) is 29.3 Å². The number of nitrogens with one attached hydrogen (secondary N) is 1. The van der Waals surface area contributed by atoms with E-state index in [0.717, 1.165) is 43.8 Å². The topological polar surface area (TPSA) is 24.9 Å². The Morgan fingerprint density at radius 1 is 0.955 bits per heavy atom. The highest BCUT2D eigenvalue weighted by Crippen LogP contribution is 2.35. The molecule has 2 heterocycles. The molecule has 0 saturated carbocycles. The molecule has 1 aliphatic carbocycles. The number of benzene rings is 1. The van der Waals surface area contributed by atoms with Crippen molar-refractivity contribution in [3.8, 4) is 0 Å². The van der Waals surface area contributed by atoms with Gasteiger partial charge in [0, 0.05) is 11.2 Å². The van der Waals surface area contributed by atoms with Crippen molar-refractivity contribution in [3.05, 3.63) is 69.5 Å². The second-order valence-corrected chi connectivity index (χ2v) is 6.55. The summed E-state index contributed by atoms with van der Waals surface area (Å²) in [6.45, 7) is 2.15. The van der Waals surface area contributed by atoms with Gasteiger partial charge in [0.25, 0.3) is 0 Å². The molecule has 0 radical (unpaired) electrons. The monoisotopic (exact) mass is 310 g/mol. The van der Waals surface area contributed by atoms with Gasteiger partial charge in [-0.3, -0.25) is 4.98 Å². The highest BCUT2D eigenvalue weighted by Gasteiger charge is 2.21. The van der Waals surface area contributed by atoms with E-state index < -0.39 is 0 Å². The largest absolute Gasteiger partial charge is 0.316 e. The first kappa shape index (κ1) is 14.0. The lowest BCUT2D eigenvalue weighted by Gasteiger charge is -2.20. The van der Waals surface area contributed by atoms with Crippen molar-refractivity contribution in [1.29, 1.82) is 0 Å². The highest BCUT2D eigenvalue weighted by atomic mass is 35.5. The van der Waals surface area contributed by atoms with Crippen molar-refractivity contribution >= 4 is 17.2 Å². The van der Waals surface area contributed by atoms with Crippen molar-refractivity contribution in [1.82, 2.24) is 10.3 Å². The molecule has 1 fully saturated rings. The van der Waals surface area contributed by atoms with Crippen molar-refractivity contribution < 1.29 is 0 Å². The number of piperidine rings is 1. The predicted molar refractivity (Wildman–Crippen MR) is 91.2 cm³/mol. The molecule has 4 rings (SSSR count). The van der Waals surface area contributed by atoms with Gasteiger partial charge in [0.1, 0.15) is 0 Å². The van der Waals surface area contributed by atoms with Crippen LogP contribution < -0.4 is 5.32 Å². The summed E-state index contributed by atoms with van der Waals surface area (Å²) in [6.07, 6.45) is 6.08. The number of fused-ring (bicyclic) bond motifs is 2. The Kier molecular flexibility index (Phi) is 3.73. The van der Waals surface area contributed by atoms with Crippen LogP contribution in [0.4, 0.5) is 0 Å². The molecular formula is C19H19ClN2. The Hall–Kier alpha value is -1.64. The van der Waals surface area contributed by atoms with Gasteiger partial charge < -0.3 is 5.32 Å². The third-order valence-electron chi connectivity index (χ3n) is 4.73. The first-order valence-electron chi connectivity index (χ1n) is 7.94. The van der Waals surface area contributed by atoms with Gasteiger partial charge in [0.05, 0.1) is 5.69 Å². The second kappa shape index (κ2) is 5.86. The molecule has 1 aromatic carbocycles. The number of aromatic nitrogens is 1. The van der Waals surface area contributed by atoms with Crippen molar-refractivity contribution in [3.63, 3.8) is 0 Å². The number of hydrogen-bond donors (Lipinski definition) is 1. The highest BCUT2D eigenvalue weighted by molar-refractivity contribution is 6.30. The summed E-state index contributed by atoms with van der Waals surface area (Å²) in [4.78, 5) is 4.73. The minimum absolute atomic E-state index is 0.826. The fraction of sp³-hybridized carbons (Fsp3) is 0.316. The van der Waals surface area contributed by atoms with Crippen molar-refractivity contribution in [2.75, 3.05) is 13.1 Å². The molecule has 0 atom stereocenters. The van der Waals surface area contributed by atoms with E-state index >= 15 is 0 Å². The first-order chi connectivity index (χ1) is 10.8. The van der Waals surface area contributed by atoms with E-state index in [4.69, 9.17) is 16.6 Å². The molecule has 2 aromatic rings. The SMILES string of the molecule is Clc1ccc2c(c1)CC(=C1CCNCC1)c1ncccc1C2. The predicted octanol–water partition coefficient (Wildman–Crippen LogP) is 4.02. The summed E-state index contributed by atoms with van der Waals surface area (Å²) in [7, 11) is 0. The number of allylic oxidation sites excluding steroid dienone is 1. The van der Waals surface area contributed by atoms with Gasteiger partial charge in [-0.2, -0.15) is 0 Å². The molecular weight excluding hydrogens is 292 g/mol. The molecule has 0 bridgehead atoms. The molecule has 1 N–H and O–H groups in total. The lowest BCUT2D eigenvalue weighted by molar-refractivity contribution is 0.610. The number of hydrogen-bond acceptors (Lipinski definition) is 2. The Balaban J connectivity index is 1.89. The zero-order valence-electron chi connectivity index (χ0n) is 12.5. The van der Waals surface area contributed by atoms with Gasteiger partial charge in [-0.25, -0.2) is 0 Å². The van der Waals surface area contributed by atoms with E-state index in [1.807, 2.05) is 18.3 Å². The minimum Gasteiger partial charge on any atom is -0.316 e. The van der Waals surface area contributed by atoms with Crippen LogP contribution in [0.5, 0.6) is 0 Å². The summed E-state index contributed by atoms with van der Waals surface area (Å²) in [5.41, 5.74) is 8.26. The number of pyridine rings is 1. The quantitative estimate of drug-likeness (QED) is 0.795. The maximum Gasteiger partial charge on any atom is 0.0699 e. The lowest BCUT2D eigenvalue weighted by Crippen LogP contribution is -2.24. The molecule has 1 aromatic heterocycles. The fourth-order valence-corrected chi connectivity index (χ4v) is 3.78. The van der Waals surface area contributed by atoms with Crippen LogP contribution in [0.1, 0.15) is 35.2 Å². The Bertz CT molecular complexity index is 741. The van der Waals surface area contributed by atoms with Crippen LogP contribution in [0.25, 0.3) is 5.57 Å². The van der Waals surface area contributed by atoms with Crippen LogP contribution >= 0.6 is 11.6 Å². The standard InChI is InChI=1S/C19H19ClN2/c20-17-4-3-14-10-15-2-1-7-22-19(15)18(12-16(14)11-17)13-5-8-21-9-6-13/h1-4,7,11,21H,5-6,8-10,12H2. The van der Waals surface area contributed by atoms with Crippen molar-refractivity contribution in [2.24, 2.45) is 0 Å². The summed E-state index contributed by atoms with van der Waals surface area (Å²) >= 11 is 6.23. The maximum atomic E-state index is 6.23. The van der Waals surface area contributed by atoms with Gasteiger partial charge in [0.2, 0.25) is 0 Å². The van der Waals surface area contributed by atoms with Gasteiger partial charge >= 0.3 is 0 Å². The van der Waals surface area contributed by atoms with E-state index in [2.05, 4.69) is 23.5 Å². The smallest absolute Gasteiger partial charge is 0.0699 e. The molecule has 0 unspecified atom stereocenters. The minimum atomic E-state index is 0.826. The van der Waals surface area contributed by atoms with E-state index in [9.17, 15) is 0 Å². The first-order valence-corrected chi connectivity index (χ1v) is 8.32. The summed E-state index contributed by atoms with van der Waals surface area (Å²) in [6, 6.07) is 10.6. The normalized spacial score (nSPS) is 17.7. The molecule has 1 saturated heterocycles. The molecule has 0 amide bonds. The fourth-order valence-electron chi connectivity index (χ4n) is 3.59. The van der Waals surface area contributed by atoms with Crippen LogP contribution in [-0.4, -0.2) is 18.1 Å². The van der Waals surface area contributed by atoms with E-state index in [-0.39, 0.29) is 0 Å². The van der Waals surface area contributed by atoms with Gasteiger partial charge in [0.15, 0.2) is 0 Å². The summed E-state index contributed by atoms with van der Waals surface area (Å²) in [5.74, 6) is 0. The maximum absolute atomic E-state index is 6.23. The van der Waals surface area contributed by atoms with Crippen LogP contribution in [0.2, 0.25) is 5.02 Å².